The second-order valence-electron chi connectivity index (χ2n) is 2.22. The minimum atomic E-state index is 1.21. The Kier molecular flexibility index (Phi) is 1.30. The van der Waals surface area contributed by atoms with Crippen LogP contribution in [0.3, 0.4) is 0 Å². The Bertz CT molecular complexity index is 351. The molecule has 2 aromatic rings. The molecule has 0 saturated carbocycles. The standard InChI is InChI=1S/C8H7NSe/c10-8-5-9-7-4-2-1-3-6(7)8/h1-5,9-10H. The molecule has 0 radical (unpaired) electrons. The van der Waals surface area contributed by atoms with Crippen LogP contribution in [0.1, 0.15) is 0 Å². The van der Waals surface area contributed by atoms with Crippen molar-refractivity contribution < 1.29 is 0 Å². The van der Waals surface area contributed by atoms with Crippen molar-refractivity contribution in [3.63, 3.8) is 0 Å². The third kappa shape index (κ3) is 0.772. The van der Waals surface area contributed by atoms with E-state index in [1.807, 2.05) is 18.3 Å². The van der Waals surface area contributed by atoms with E-state index in [2.05, 4.69) is 33.1 Å². The fourth-order valence-corrected chi connectivity index (χ4v) is 1.60. The van der Waals surface area contributed by atoms with Gasteiger partial charge in [0.25, 0.3) is 0 Å². The maximum absolute atomic E-state index is 3.17. The molecule has 0 bridgehead atoms. The molecule has 0 amide bonds. The first-order chi connectivity index (χ1) is 4.88. The first-order valence-electron chi connectivity index (χ1n) is 3.13. The van der Waals surface area contributed by atoms with Crippen LogP contribution in [0, 0.1) is 0 Å². The predicted molar refractivity (Wildman–Crippen MR) is 45.1 cm³/mol. The molecule has 1 nitrogen and oxygen atoms in total. The number of hydrogen-bond donors (Lipinski definition) is 1. The van der Waals surface area contributed by atoms with Gasteiger partial charge in [-0.15, -0.1) is 0 Å². The average molecular weight is 196 g/mol. The van der Waals surface area contributed by atoms with E-state index in [0.717, 1.165) is 0 Å². The van der Waals surface area contributed by atoms with Crippen LogP contribution in [0.5, 0.6) is 0 Å². The molecule has 1 N–H and O–H groups in total. The molecule has 0 aliphatic carbocycles. The maximum atomic E-state index is 3.17. The Labute approximate surface area is 67.3 Å². The van der Waals surface area contributed by atoms with Gasteiger partial charge in [0, 0.05) is 0 Å². The predicted octanol–water partition coefficient (Wildman–Crippen LogP) is 0.694. The van der Waals surface area contributed by atoms with Gasteiger partial charge in [-0.25, -0.2) is 0 Å². The van der Waals surface area contributed by atoms with Gasteiger partial charge in [-0.2, -0.15) is 0 Å². The number of H-pyrrole nitrogens is 1. The van der Waals surface area contributed by atoms with E-state index in [0.29, 0.717) is 0 Å². The molecular weight excluding hydrogens is 189 g/mol. The third-order valence-corrected chi connectivity index (χ3v) is 2.34. The number of hydrogen-bond acceptors (Lipinski definition) is 0. The van der Waals surface area contributed by atoms with Crippen LogP contribution >= 0.6 is 0 Å². The summed E-state index contributed by atoms with van der Waals surface area (Å²) in [5, 5.41) is 1.29. The van der Waals surface area contributed by atoms with Crippen molar-refractivity contribution in [2.75, 3.05) is 0 Å². The van der Waals surface area contributed by atoms with Crippen molar-refractivity contribution in [2.45, 2.75) is 0 Å². The second-order valence-corrected chi connectivity index (χ2v) is 3.23. The van der Waals surface area contributed by atoms with E-state index in [1.54, 1.807) is 0 Å². The van der Waals surface area contributed by atoms with E-state index in [4.69, 9.17) is 0 Å². The zero-order chi connectivity index (χ0) is 6.97. The van der Waals surface area contributed by atoms with Crippen molar-refractivity contribution >= 4 is 31.4 Å². The Morgan fingerprint density at radius 3 is 2.80 bits per heavy atom. The van der Waals surface area contributed by atoms with Crippen LogP contribution in [-0.2, 0) is 0 Å². The van der Waals surface area contributed by atoms with E-state index in [-0.39, 0.29) is 0 Å². The summed E-state index contributed by atoms with van der Waals surface area (Å²) >= 11 is 2.55. The van der Waals surface area contributed by atoms with Gasteiger partial charge in [0.05, 0.1) is 0 Å². The minimum absolute atomic E-state index is 1.21. The van der Waals surface area contributed by atoms with Gasteiger partial charge >= 0.3 is 66.8 Å². The zero-order valence-corrected chi connectivity index (χ0v) is 7.21. The van der Waals surface area contributed by atoms with Crippen LogP contribution in [-0.4, -0.2) is 21.0 Å². The molecule has 0 unspecified atom stereocenters. The van der Waals surface area contributed by atoms with Crippen LogP contribution < -0.4 is 4.46 Å². The molecule has 0 aliphatic rings. The number of aromatic amines is 1. The molecule has 50 valence electrons. The van der Waals surface area contributed by atoms with Crippen LogP contribution in [0.25, 0.3) is 10.9 Å². The van der Waals surface area contributed by atoms with E-state index >= 15 is 0 Å². The summed E-state index contributed by atoms with van der Waals surface area (Å²) in [5.74, 6) is 0. The summed E-state index contributed by atoms with van der Waals surface area (Å²) in [6, 6.07) is 8.27. The van der Waals surface area contributed by atoms with Gasteiger partial charge in [-0.3, -0.25) is 0 Å². The van der Waals surface area contributed by atoms with Gasteiger partial charge in [-0.05, 0) is 0 Å². The third-order valence-electron chi connectivity index (χ3n) is 1.57. The molecule has 10 heavy (non-hydrogen) atoms. The Balaban J connectivity index is 2.93. The molecule has 0 saturated heterocycles. The number of nitrogens with one attached hydrogen (secondary N) is 1. The van der Waals surface area contributed by atoms with Gasteiger partial charge in [0.15, 0.2) is 0 Å². The average Bonchev–Trinajstić information content (AvgIpc) is 2.34. The van der Waals surface area contributed by atoms with Gasteiger partial charge in [-0.1, -0.05) is 0 Å². The zero-order valence-electron chi connectivity index (χ0n) is 5.33. The SMILES string of the molecule is [SeH]c1c[nH]c2ccccc12. The summed E-state index contributed by atoms with van der Waals surface area (Å²) in [4.78, 5) is 3.17. The number of aromatic nitrogens is 1. The van der Waals surface area contributed by atoms with Crippen LogP contribution in [0.15, 0.2) is 30.5 Å². The molecule has 0 aliphatic heterocycles. The topological polar surface area (TPSA) is 15.8 Å². The fraction of sp³-hybridized carbons (Fsp3) is 0. The molecular formula is C8H7NSe. The summed E-state index contributed by atoms with van der Waals surface area (Å²) < 4.78 is 1.25. The van der Waals surface area contributed by atoms with Gasteiger partial charge in [0.1, 0.15) is 0 Å². The summed E-state index contributed by atoms with van der Waals surface area (Å²) in [5.41, 5.74) is 1.21. The quantitative estimate of drug-likeness (QED) is 0.597. The Morgan fingerprint density at radius 1 is 1.20 bits per heavy atom. The van der Waals surface area contributed by atoms with Crippen molar-refractivity contribution in [3.8, 4) is 0 Å². The van der Waals surface area contributed by atoms with E-state index in [1.165, 1.54) is 15.4 Å². The summed E-state index contributed by atoms with van der Waals surface area (Å²) in [7, 11) is 0. The molecule has 0 atom stereocenters. The van der Waals surface area contributed by atoms with Crippen molar-refractivity contribution in [2.24, 2.45) is 0 Å². The molecule has 1 aromatic heterocycles. The van der Waals surface area contributed by atoms with Crippen molar-refractivity contribution in [1.82, 2.24) is 4.98 Å². The Morgan fingerprint density at radius 2 is 2.00 bits per heavy atom. The van der Waals surface area contributed by atoms with E-state index < -0.39 is 0 Å². The second kappa shape index (κ2) is 2.15. The fourth-order valence-electron chi connectivity index (χ4n) is 1.06. The molecule has 2 heteroatoms. The monoisotopic (exact) mass is 197 g/mol. The first kappa shape index (κ1) is 6.02. The molecule has 0 fully saturated rings. The van der Waals surface area contributed by atoms with Crippen LogP contribution in [0.2, 0.25) is 0 Å². The molecule has 0 spiro atoms. The Hall–Kier alpha value is -0.721. The van der Waals surface area contributed by atoms with Crippen molar-refractivity contribution in [1.29, 1.82) is 0 Å². The summed E-state index contributed by atoms with van der Waals surface area (Å²) in [6.45, 7) is 0. The molecule has 1 heterocycles. The molecule has 2 rings (SSSR count). The van der Waals surface area contributed by atoms with Crippen LogP contribution in [0.4, 0.5) is 0 Å². The summed E-state index contributed by atoms with van der Waals surface area (Å²) in [6.07, 6.45) is 2.00. The number of para-hydroxylation sites is 1. The number of benzene rings is 1. The number of fused-ring (bicyclic) bond motifs is 1. The van der Waals surface area contributed by atoms with Gasteiger partial charge < -0.3 is 0 Å². The van der Waals surface area contributed by atoms with E-state index in [9.17, 15) is 0 Å². The molecule has 1 aromatic carbocycles. The number of rotatable bonds is 0. The van der Waals surface area contributed by atoms with Gasteiger partial charge in [0.2, 0.25) is 0 Å². The first-order valence-corrected chi connectivity index (χ1v) is 4.07. The normalized spacial score (nSPS) is 10.5. The van der Waals surface area contributed by atoms with Crippen molar-refractivity contribution in [3.05, 3.63) is 30.5 Å².